The van der Waals surface area contributed by atoms with Crippen LogP contribution in [0.25, 0.3) is 10.9 Å². The second kappa shape index (κ2) is 9.78. The fourth-order valence-electron chi connectivity index (χ4n) is 4.79. The number of para-hydroxylation sites is 1. The quantitative estimate of drug-likeness (QED) is 0.586. The predicted molar refractivity (Wildman–Crippen MR) is 135 cm³/mol. The molecule has 1 N–H and O–H groups in total. The van der Waals surface area contributed by atoms with Gasteiger partial charge >= 0.3 is 0 Å². The Bertz CT molecular complexity index is 1350. The lowest BCUT2D eigenvalue weighted by molar-refractivity contribution is -0.126. The average molecular weight is 471 g/mol. The van der Waals surface area contributed by atoms with Crippen LogP contribution in [0.5, 0.6) is 0 Å². The number of nitrogens with zero attached hydrogens (tertiary/aromatic N) is 3. The topological polar surface area (TPSA) is 92.3 Å². The second-order valence-corrected chi connectivity index (χ2v) is 9.03. The number of piperidine rings is 1. The van der Waals surface area contributed by atoms with Crippen molar-refractivity contribution in [3.05, 3.63) is 82.9 Å². The van der Waals surface area contributed by atoms with Crippen molar-refractivity contribution in [1.82, 2.24) is 20.2 Å². The molecule has 3 aromatic rings. The van der Waals surface area contributed by atoms with Gasteiger partial charge in [-0.3, -0.25) is 14.4 Å². The van der Waals surface area contributed by atoms with Crippen LogP contribution in [0.3, 0.4) is 0 Å². The van der Waals surface area contributed by atoms with Gasteiger partial charge in [-0.1, -0.05) is 44.3 Å². The highest BCUT2D eigenvalue weighted by molar-refractivity contribution is 6.01. The number of fused-ring (bicyclic) bond motifs is 2. The lowest BCUT2D eigenvalue weighted by atomic mass is 10.0. The molecule has 180 valence electrons. The number of ketones is 1. The first kappa shape index (κ1) is 24.3. The molecule has 0 aliphatic carbocycles. The molecule has 1 atom stereocenters. The largest absolute Gasteiger partial charge is 0.329 e. The van der Waals surface area contributed by atoms with Gasteiger partial charge in [-0.15, -0.1) is 0 Å². The maximum Gasteiger partial charge on any atom is 0.255 e. The molecule has 0 saturated carbocycles. The Balaban J connectivity index is 0.00000289. The Morgan fingerprint density at radius 2 is 1.97 bits per heavy atom. The van der Waals surface area contributed by atoms with Crippen LogP contribution in [0.4, 0.5) is 0 Å². The van der Waals surface area contributed by atoms with Gasteiger partial charge in [-0.25, -0.2) is 9.97 Å². The van der Waals surface area contributed by atoms with Gasteiger partial charge in [0, 0.05) is 35.3 Å². The van der Waals surface area contributed by atoms with E-state index >= 15 is 0 Å². The van der Waals surface area contributed by atoms with Crippen LogP contribution in [-0.4, -0.2) is 38.5 Å². The molecule has 35 heavy (non-hydrogen) atoms. The first-order valence-electron chi connectivity index (χ1n) is 11.5. The highest BCUT2D eigenvalue weighted by Crippen LogP contribution is 2.29. The monoisotopic (exact) mass is 470 g/mol. The molecule has 5 rings (SSSR count). The van der Waals surface area contributed by atoms with Crippen LogP contribution in [0, 0.1) is 6.92 Å². The molecule has 2 aliphatic rings. The van der Waals surface area contributed by atoms with Crippen molar-refractivity contribution < 1.29 is 14.4 Å². The molecule has 0 radical (unpaired) electrons. The fourth-order valence-corrected chi connectivity index (χ4v) is 4.79. The van der Waals surface area contributed by atoms with Crippen LogP contribution in [0.15, 0.2) is 54.7 Å². The molecule has 1 saturated heterocycles. The zero-order chi connectivity index (χ0) is 23.8. The number of benzene rings is 2. The van der Waals surface area contributed by atoms with E-state index in [1.165, 1.54) is 0 Å². The van der Waals surface area contributed by atoms with Gasteiger partial charge < -0.3 is 10.2 Å². The number of hydrogen-bond donors (Lipinski definition) is 1. The number of aryl methyl sites for hydroxylation is 2. The summed E-state index contributed by atoms with van der Waals surface area (Å²) in [6, 6.07) is 13.0. The normalized spacial score (nSPS) is 17.2. The minimum atomic E-state index is -0.471. The summed E-state index contributed by atoms with van der Waals surface area (Å²) in [6.45, 7) is 6.14. The third-order valence-electron chi connectivity index (χ3n) is 6.59. The van der Waals surface area contributed by atoms with E-state index < -0.39 is 6.04 Å². The van der Waals surface area contributed by atoms with E-state index in [4.69, 9.17) is 0 Å². The summed E-state index contributed by atoms with van der Waals surface area (Å²) >= 11 is 0. The number of rotatable bonds is 6. The van der Waals surface area contributed by atoms with Crippen molar-refractivity contribution in [3.63, 3.8) is 0 Å². The minimum Gasteiger partial charge on any atom is -0.329 e. The van der Waals surface area contributed by atoms with Gasteiger partial charge in [0.1, 0.15) is 17.6 Å². The van der Waals surface area contributed by atoms with Crippen LogP contribution >= 0.6 is 0 Å². The van der Waals surface area contributed by atoms with Crippen molar-refractivity contribution in [3.8, 4) is 0 Å². The first-order valence-corrected chi connectivity index (χ1v) is 11.5. The number of Topliss-reactive ketones (excluding diaryl/α,β-unsaturated/α-hetero) is 1. The van der Waals surface area contributed by atoms with Gasteiger partial charge in [-0.05, 0) is 49.4 Å². The molecule has 3 heterocycles. The highest BCUT2D eigenvalue weighted by Gasteiger charge is 2.38. The SMILES string of the molecule is C.C=C1CCC(N2Cc3cc(CCC(=O)Cc4nc(C)c5ccccc5n4)ccc3C2=O)C(=O)N1. The van der Waals surface area contributed by atoms with Gasteiger partial charge in [0.2, 0.25) is 5.91 Å². The Morgan fingerprint density at radius 1 is 1.17 bits per heavy atom. The van der Waals surface area contributed by atoms with Crippen LogP contribution in [-0.2, 0) is 29.0 Å². The maximum absolute atomic E-state index is 12.9. The summed E-state index contributed by atoms with van der Waals surface area (Å²) in [6.07, 6.45) is 2.41. The van der Waals surface area contributed by atoms with Crippen LogP contribution in [0.1, 0.15) is 59.7 Å². The second-order valence-electron chi connectivity index (χ2n) is 9.03. The van der Waals surface area contributed by atoms with Gasteiger partial charge in [0.15, 0.2) is 0 Å². The van der Waals surface area contributed by atoms with Crippen molar-refractivity contribution in [2.75, 3.05) is 0 Å². The zero-order valence-electron chi connectivity index (χ0n) is 19.1. The molecule has 1 aromatic heterocycles. The van der Waals surface area contributed by atoms with Gasteiger partial charge in [0.25, 0.3) is 5.91 Å². The van der Waals surface area contributed by atoms with Crippen molar-refractivity contribution in [2.45, 2.75) is 59.0 Å². The van der Waals surface area contributed by atoms with Crippen molar-refractivity contribution >= 4 is 28.5 Å². The molecule has 7 nitrogen and oxygen atoms in total. The Kier molecular flexibility index (Phi) is 6.78. The van der Waals surface area contributed by atoms with Gasteiger partial charge in [-0.2, -0.15) is 0 Å². The summed E-state index contributed by atoms with van der Waals surface area (Å²) in [7, 11) is 0. The number of allylic oxidation sites excluding steroid dienone is 1. The molecule has 1 fully saturated rings. The predicted octanol–water partition coefficient (Wildman–Crippen LogP) is 4.07. The van der Waals surface area contributed by atoms with Crippen molar-refractivity contribution in [1.29, 1.82) is 0 Å². The van der Waals surface area contributed by atoms with E-state index in [1.54, 1.807) is 4.90 Å². The molecule has 2 aliphatic heterocycles. The Hall–Kier alpha value is -3.87. The number of carbonyl (C=O) groups is 3. The van der Waals surface area contributed by atoms with E-state index in [-0.39, 0.29) is 31.4 Å². The standard InChI is InChI=1S/C27H26N4O3.CH4/c1-16-7-12-24(26(33)28-16)31-15-19-13-18(9-11-22(19)27(31)34)8-10-20(32)14-25-29-17(2)21-5-3-4-6-23(21)30-25;/h3-6,9,11,13,24H,1,7-8,10,12,14-15H2,2H3,(H,28,33);1H4. The summed E-state index contributed by atoms with van der Waals surface area (Å²) in [5, 5.41) is 3.75. The third-order valence-corrected chi connectivity index (χ3v) is 6.59. The average Bonchev–Trinajstić information content (AvgIpc) is 3.13. The lowest BCUT2D eigenvalue weighted by Crippen LogP contribution is -2.49. The maximum atomic E-state index is 12.9. The van der Waals surface area contributed by atoms with E-state index in [0.29, 0.717) is 49.3 Å². The van der Waals surface area contributed by atoms with Crippen LogP contribution < -0.4 is 5.32 Å². The van der Waals surface area contributed by atoms with Crippen molar-refractivity contribution in [2.24, 2.45) is 0 Å². The molecule has 2 aromatic carbocycles. The number of amides is 2. The molecule has 1 unspecified atom stereocenters. The fraction of sp³-hybridized carbons (Fsp3) is 0.321. The number of hydrogen-bond acceptors (Lipinski definition) is 5. The lowest BCUT2D eigenvalue weighted by Gasteiger charge is -2.30. The summed E-state index contributed by atoms with van der Waals surface area (Å²) in [4.78, 5) is 48.6. The minimum absolute atomic E-state index is 0. The summed E-state index contributed by atoms with van der Waals surface area (Å²) in [5.74, 6) is 0.334. The van der Waals surface area contributed by atoms with E-state index in [0.717, 1.165) is 27.7 Å². The molecular weight excluding hydrogens is 440 g/mol. The smallest absolute Gasteiger partial charge is 0.255 e. The number of carbonyl (C=O) groups excluding carboxylic acids is 3. The first-order chi connectivity index (χ1) is 16.4. The highest BCUT2D eigenvalue weighted by atomic mass is 16.2. The molecule has 7 heteroatoms. The Morgan fingerprint density at radius 3 is 2.77 bits per heavy atom. The van der Waals surface area contributed by atoms with E-state index in [2.05, 4.69) is 21.9 Å². The van der Waals surface area contributed by atoms with E-state index in [1.807, 2.05) is 49.4 Å². The third kappa shape index (κ3) is 4.85. The van der Waals surface area contributed by atoms with E-state index in [9.17, 15) is 14.4 Å². The Labute approximate surface area is 205 Å². The molecule has 0 bridgehead atoms. The molecular formula is C28H30N4O3. The van der Waals surface area contributed by atoms with Crippen LogP contribution in [0.2, 0.25) is 0 Å². The summed E-state index contributed by atoms with van der Waals surface area (Å²) in [5.41, 5.74) is 4.95. The summed E-state index contributed by atoms with van der Waals surface area (Å²) < 4.78 is 0. The number of nitrogens with one attached hydrogen (secondary N) is 1. The molecule has 0 spiro atoms. The number of aromatic nitrogens is 2. The molecule has 2 amide bonds. The van der Waals surface area contributed by atoms with Gasteiger partial charge in [0.05, 0.1) is 11.9 Å². The zero-order valence-corrected chi connectivity index (χ0v) is 19.1.